The van der Waals surface area contributed by atoms with E-state index in [-0.39, 0.29) is 23.8 Å². The zero-order valence-electron chi connectivity index (χ0n) is 18.5. The van der Waals surface area contributed by atoms with Crippen LogP contribution in [0.25, 0.3) is 10.8 Å². The highest BCUT2D eigenvalue weighted by Crippen LogP contribution is 2.61. The van der Waals surface area contributed by atoms with E-state index < -0.39 is 17.4 Å². The molecule has 4 aliphatic heterocycles. The topological polar surface area (TPSA) is 69.7 Å². The van der Waals surface area contributed by atoms with Crippen molar-refractivity contribution in [1.29, 1.82) is 0 Å². The van der Waals surface area contributed by atoms with Crippen molar-refractivity contribution < 1.29 is 14.4 Å². The Hall–Kier alpha value is -3.22. The molecule has 1 spiro atoms. The number of amides is 3. The molecule has 4 aliphatic rings. The van der Waals surface area contributed by atoms with E-state index in [1.165, 1.54) is 4.90 Å². The minimum absolute atomic E-state index is 0.150. The van der Waals surface area contributed by atoms with Crippen LogP contribution in [0.3, 0.4) is 0 Å². The van der Waals surface area contributed by atoms with Crippen LogP contribution in [0.15, 0.2) is 54.6 Å². The number of carbonyl (C=O) groups excluding carboxylic acids is 3. The summed E-state index contributed by atoms with van der Waals surface area (Å²) in [5.74, 6) is -2.08. The maximum absolute atomic E-state index is 14.1. The van der Waals surface area contributed by atoms with E-state index in [1.807, 2.05) is 55.5 Å². The number of hydrogen-bond donors (Lipinski definition) is 1. The lowest BCUT2D eigenvalue weighted by atomic mass is 9.75. The largest absolute Gasteiger partial charge is 0.324 e. The van der Waals surface area contributed by atoms with Crippen molar-refractivity contribution in [3.05, 3.63) is 70.7 Å². The van der Waals surface area contributed by atoms with Crippen LogP contribution in [0.4, 0.5) is 11.4 Å². The van der Waals surface area contributed by atoms with E-state index in [0.717, 1.165) is 34.7 Å². The number of anilines is 2. The number of imide groups is 1. The van der Waals surface area contributed by atoms with E-state index in [1.54, 1.807) is 6.07 Å². The number of benzene rings is 3. The zero-order valence-corrected chi connectivity index (χ0v) is 19.3. The van der Waals surface area contributed by atoms with Gasteiger partial charge in [-0.3, -0.25) is 19.3 Å². The molecule has 7 heteroatoms. The maximum Gasteiger partial charge on any atom is 0.250 e. The lowest BCUT2D eigenvalue weighted by Crippen LogP contribution is -2.54. The standard InChI is InChI=1S/C27H22ClN3O3/c1-14-11-17(28)13-19-23(14)29-26(34)27(19)22-21(20-7-4-10-30(20)27)24(32)31(25(22)33)18-9-8-15-5-2-3-6-16(15)12-18/h2-3,5-6,8-9,11-13,20-22H,4,7,10H2,1H3,(H,29,34)/t20-,21-,22+,27+/m1/s1. The van der Waals surface area contributed by atoms with Crippen LogP contribution in [0.2, 0.25) is 5.02 Å². The van der Waals surface area contributed by atoms with Crippen molar-refractivity contribution in [2.45, 2.75) is 31.3 Å². The van der Waals surface area contributed by atoms with Gasteiger partial charge in [0.25, 0.3) is 0 Å². The number of halogens is 1. The molecule has 0 saturated carbocycles. The number of nitrogens with one attached hydrogen (secondary N) is 1. The van der Waals surface area contributed by atoms with E-state index in [0.29, 0.717) is 22.9 Å². The summed E-state index contributed by atoms with van der Waals surface area (Å²) in [6.07, 6.45) is 1.67. The molecule has 4 atom stereocenters. The molecule has 3 fully saturated rings. The summed E-state index contributed by atoms with van der Waals surface area (Å²) in [7, 11) is 0. The van der Waals surface area contributed by atoms with Gasteiger partial charge in [0.05, 0.1) is 17.5 Å². The molecule has 3 aromatic carbocycles. The lowest BCUT2D eigenvalue weighted by Gasteiger charge is -2.36. The fourth-order valence-corrected chi connectivity index (χ4v) is 7.28. The van der Waals surface area contributed by atoms with Crippen molar-refractivity contribution in [3.63, 3.8) is 0 Å². The molecule has 4 heterocycles. The second kappa shape index (κ2) is 6.68. The molecule has 3 saturated heterocycles. The normalized spacial score (nSPS) is 29.8. The first-order chi connectivity index (χ1) is 16.4. The number of aryl methyl sites for hydroxylation is 1. The minimum Gasteiger partial charge on any atom is -0.324 e. The highest BCUT2D eigenvalue weighted by Gasteiger charge is 2.74. The molecule has 0 aliphatic carbocycles. The van der Waals surface area contributed by atoms with Crippen molar-refractivity contribution in [1.82, 2.24) is 4.90 Å². The highest BCUT2D eigenvalue weighted by atomic mass is 35.5. The molecule has 0 unspecified atom stereocenters. The van der Waals surface area contributed by atoms with Gasteiger partial charge in [0.1, 0.15) is 5.54 Å². The molecule has 0 radical (unpaired) electrons. The van der Waals surface area contributed by atoms with Crippen molar-refractivity contribution in [2.24, 2.45) is 11.8 Å². The average molecular weight is 472 g/mol. The summed E-state index contributed by atoms with van der Waals surface area (Å²) in [4.78, 5) is 45.2. The summed E-state index contributed by atoms with van der Waals surface area (Å²) >= 11 is 6.45. The molecule has 0 bridgehead atoms. The fourth-order valence-electron chi connectivity index (χ4n) is 7.01. The Balaban J connectivity index is 1.43. The van der Waals surface area contributed by atoms with Gasteiger partial charge < -0.3 is 5.32 Å². The highest BCUT2D eigenvalue weighted by molar-refractivity contribution is 6.31. The van der Waals surface area contributed by atoms with Crippen LogP contribution in [0, 0.1) is 18.8 Å². The Morgan fingerprint density at radius 3 is 2.62 bits per heavy atom. The summed E-state index contributed by atoms with van der Waals surface area (Å²) in [5.41, 5.74) is 1.64. The number of carbonyl (C=O) groups is 3. The Kier molecular flexibility index (Phi) is 3.96. The van der Waals surface area contributed by atoms with Crippen molar-refractivity contribution in [3.8, 4) is 0 Å². The third kappa shape index (κ3) is 2.28. The van der Waals surface area contributed by atoms with Gasteiger partial charge in [0.15, 0.2) is 0 Å². The van der Waals surface area contributed by atoms with Crippen LogP contribution >= 0.6 is 11.6 Å². The first kappa shape index (κ1) is 20.2. The van der Waals surface area contributed by atoms with Crippen LogP contribution < -0.4 is 10.2 Å². The zero-order chi connectivity index (χ0) is 23.4. The lowest BCUT2D eigenvalue weighted by molar-refractivity contribution is -0.135. The second-order valence-electron chi connectivity index (χ2n) is 9.82. The Morgan fingerprint density at radius 1 is 1.00 bits per heavy atom. The van der Waals surface area contributed by atoms with Crippen LogP contribution in [-0.2, 0) is 19.9 Å². The van der Waals surface area contributed by atoms with Crippen LogP contribution in [-0.4, -0.2) is 35.2 Å². The van der Waals surface area contributed by atoms with E-state index >= 15 is 0 Å². The van der Waals surface area contributed by atoms with Crippen molar-refractivity contribution >= 4 is 51.5 Å². The van der Waals surface area contributed by atoms with Gasteiger partial charge in [-0.05, 0) is 66.9 Å². The molecule has 0 aromatic heterocycles. The van der Waals surface area contributed by atoms with Gasteiger partial charge in [-0.15, -0.1) is 0 Å². The van der Waals surface area contributed by atoms with Gasteiger partial charge in [-0.2, -0.15) is 0 Å². The predicted octanol–water partition coefficient (Wildman–Crippen LogP) is 4.23. The summed E-state index contributed by atoms with van der Waals surface area (Å²) in [6.45, 7) is 2.58. The minimum atomic E-state index is -1.21. The smallest absolute Gasteiger partial charge is 0.250 e. The SMILES string of the molecule is Cc1cc(Cl)cc2c1NC(=O)[C@@]21[C@@H]2C(=O)N(c3ccc4ccccc4c3)C(=O)[C@@H]2[C@H]2CCCN21. The fraction of sp³-hybridized carbons (Fsp3) is 0.296. The van der Waals surface area contributed by atoms with Crippen LogP contribution in [0.1, 0.15) is 24.0 Å². The number of rotatable bonds is 1. The van der Waals surface area contributed by atoms with Crippen LogP contribution in [0.5, 0.6) is 0 Å². The maximum atomic E-state index is 14.1. The Bertz CT molecular complexity index is 1450. The number of fused-ring (bicyclic) bond motifs is 8. The second-order valence-corrected chi connectivity index (χ2v) is 10.3. The summed E-state index contributed by atoms with van der Waals surface area (Å²) in [6, 6.07) is 17.0. The molecule has 7 rings (SSSR count). The first-order valence-electron chi connectivity index (χ1n) is 11.7. The molecule has 6 nitrogen and oxygen atoms in total. The van der Waals surface area contributed by atoms with E-state index in [2.05, 4.69) is 10.2 Å². The van der Waals surface area contributed by atoms with Gasteiger partial charge in [0.2, 0.25) is 17.7 Å². The molecule has 3 aromatic rings. The Labute approximate surface area is 201 Å². The third-order valence-electron chi connectivity index (χ3n) is 8.25. The molecular weight excluding hydrogens is 450 g/mol. The number of hydrogen-bond acceptors (Lipinski definition) is 4. The molecule has 170 valence electrons. The summed E-state index contributed by atoms with van der Waals surface area (Å²) < 4.78 is 0. The van der Waals surface area contributed by atoms with E-state index in [9.17, 15) is 14.4 Å². The van der Waals surface area contributed by atoms with Gasteiger partial charge in [0, 0.05) is 22.3 Å². The van der Waals surface area contributed by atoms with Gasteiger partial charge in [-0.25, -0.2) is 4.90 Å². The van der Waals surface area contributed by atoms with Gasteiger partial charge in [-0.1, -0.05) is 41.9 Å². The quantitative estimate of drug-likeness (QED) is 0.539. The van der Waals surface area contributed by atoms with Crippen molar-refractivity contribution in [2.75, 3.05) is 16.8 Å². The van der Waals surface area contributed by atoms with Gasteiger partial charge >= 0.3 is 0 Å². The number of nitrogens with zero attached hydrogens (tertiary/aromatic N) is 2. The molecule has 1 N–H and O–H groups in total. The molecule has 34 heavy (non-hydrogen) atoms. The third-order valence-corrected chi connectivity index (χ3v) is 8.47. The first-order valence-corrected chi connectivity index (χ1v) is 12.1. The van der Waals surface area contributed by atoms with E-state index in [4.69, 9.17) is 11.6 Å². The molecular formula is C27H22ClN3O3. The predicted molar refractivity (Wildman–Crippen MR) is 130 cm³/mol. The summed E-state index contributed by atoms with van der Waals surface area (Å²) in [5, 5.41) is 5.57. The average Bonchev–Trinajstić information content (AvgIpc) is 3.52. The monoisotopic (exact) mass is 471 g/mol. The Morgan fingerprint density at radius 2 is 1.79 bits per heavy atom. The molecule has 3 amide bonds.